The van der Waals surface area contributed by atoms with Gasteiger partial charge in [0.15, 0.2) is 23.1 Å². The minimum atomic E-state index is -0.859. The number of nitrogen functional groups attached to an aromatic ring is 1. The summed E-state index contributed by atoms with van der Waals surface area (Å²) in [5.74, 6) is -0.946. The molecular weight excluding hydrogens is 231 g/mol. The van der Waals surface area contributed by atoms with Crippen LogP contribution in [0.5, 0.6) is 17.2 Å². The summed E-state index contributed by atoms with van der Waals surface area (Å²) < 4.78 is 28.7. The molecule has 17 heavy (non-hydrogen) atoms. The smallest absolute Gasteiger partial charge is 0.231 e. The van der Waals surface area contributed by atoms with Gasteiger partial charge in [0.2, 0.25) is 12.7 Å². The van der Waals surface area contributed by atoms with Crippen molar-refractivity contribution in [2.75, 3.05) is 12.5 Å². The zero-order valence-corrected chi connectivity index (χ0v) is 8.44. The topological polar surface area (TPSA) is 90.7 Å². The number of benzene rings is 1. The zero-order valence-electron chi connectivity index (χ0n) is 8.44. The number of fused-ring (bicyclic) bond motifs is 1. The summed E-state index contributed by atoms with van der Waals surface area (Å²) in [6, 6.07) is 2.48. The van der Waals surface area contributed by atoms with E-state index in [1.54, 1.807) is 0 Å². The van der Waals surface area contributed by atoms with Gasteiger partial charge >= 0.3 is 0 Å². The highest BCUT2D eigenvalue weighted by Gasteiger charge is 2.27. The molecule has 6 nitrogen and oxygen atoms in total. The predicted octanol–water partition coefficient (Wildman–Crippen LogP) is 1.50. The SMILES string of the molecule is Nc1cc(-c2c(F)c(O)cc3c2OCO3)no1. The second kappa shape index (κ2) is 3.27. The lowest BCUT2D eigenvalue weighted by atomic mass is 10.1. The quantitative estimate of drug-likeness (QED) is 0.782. The third-order valence-electron chi connectivity index (χ3n) is 2.37. The Bertz CT molecular complexity index is 596. The van der Waals surface area contributed by atoms with Crippen molar-refractivity contribution in [1.29, 1.82) is 0 Å². The summed E-state index contributed by atoms with van der Waals surface area (Å²) in [6.07, 6.45) is 0. The van der Waals surface area contributed by atoms with Crippen molar-refractivity contribution in [3.05, 3.63) is 17.9 Å². The highest BCUT2D eigenvalue weighted by molar-refractivity contribution is 5.75. The molecule has 0 fully saturated rings. The molecule has 7 heteroatoms. The molecule has 0 aliphatic carbocycles. The number of phenols is 1. The van der Waals surface area contributed by atoms with Crippen LogP contribution < -0.4 is 15.2 Å². The highest BCUT2D eigenvalue weighted by Crippen LogP contribution is 2.46. The molecule has 88 valence electrons. The van der Waals surface area contributed by atoms with Gasteiger partial charge in [0.25, 0.3) is 0 Å². The number of hydrogen-bond acceptors (Lipinski definition) is 6. The number of aromatic nitrogens is 1. The van der Waals surface area contributed by atoms with Crippen molar-refractivity contribution < 1.29 is 23.5 Å². The van der Waals surface area contributed by atoms with Crippen molar-refractivity contribution >= 4 is 5.88 Å². The fourth-order valence-corrected chi connectivity index (χ4v) is 1.64. The molecule has 0 bridgehead atoms. The Morgan fingerprint density at radius 2 is 2.18 bits per heavy atom. The van der Waals surface area contributed by atoms with E-state index in [2.05, 4.69) is 9.68 Å². The number of ether oxygens (including phenoxy) is 2. The number of phenolic OH excluding ortho intramolecular Hbond substituents is 1. The number of halogens is 1. The van der Waals surface area contributed by atoms with Crippen LogP contribution in [0.4, 0.5) is 10.3 Å². The van der Waals surface area contributed by atoms with Crippen LogP contribution in [0.15, 0.2) is 16.7 Å². The summed E-state index contributed by atoms with van der Waals surface area (Å²) in [5.41, 5.74) is 5.47. The molecule has 1 aliphatic heterocycles. The Morgan fingerprint density at radius 3 is 2.88 bits per heavy atom. The van der Waals surface area contributed by atoms with Gasteiger partial charge in [0.1, 0.15) is 5.69 Å². The molecular formula is C10H7FN2O4. The van der Waals surface area contributed by atoms with Crippen LogP contribution in [0.2, 0.25) is 0 Å². The number of nitrogens with zero attached hydrogens (tertiary/aromatic N) is 1. The van der Waals surface area contributed by atoms with Crippen LogP contribution in [0.1, 0.15) is 0 Å². The summed E-state index contributed by atoms with van der Waals surface area (Å²) in [6.45, 7) is -0.0431. The number of rotatable bonds is 1. The highest BCUT2D eigenvalue weighted by atomic mass is 19.1. The van der Waals surface area contributed by atoms with Gasteiger partial charge in [0.05, 0.1) is 5.56 Å². The summed E-state index contributed by atoms with van der Waals surface area (Å²) >= 11 is 0. The average molecular weight is 238 g/mol. The van der Waals surface area contributed by atoms with Crippen LogP contribution in [-0.4, -0.2) is 17.1 Å². The average Bonchev–Trinajstić information content (AvgIpc) is 2.89. The Kier molecular flexibility index (Phi) is 1.88. The van der Waals surface area contributed by atoms with Gasteiger partial charge in [0, 0.05) is 12.1 Å². The molecule has 1 aromatic heterocycles. The van der Waals surface area contributed by atoms with Gasteiger partial charge < -0.3 is 24.8 Å². The lowest BCUT2D eigenvalue weighted by Gasteiger charge is -2.05. The normalized spacial score (nSPS) is 13.0. The fourth-order valence-electron chi connectivity index (χ4n) is 1.64. The van der Waals surface area contributed by atoms with E-state index in [0.717, 1.165) is 6.07 Å². The maximum atomic E-state index is 13.8. The number of aromatic hydroxyl groups is 1. The number of anilines is 1. The van der Waals surface area contributed by atoms with Crippen LogP contribution >= 0.6 is 0 Å². The number of hydrogen-bond donors (Lipinski definition) is 2. The first-order valence-corrected chi connectivity index (χ1v) is 4.70. The lowest BCUT2D eigenvalue weighted by Crippen LogP contribution is -1.94. The Hall–Kier alpha value is -2.44. The molecule has 0 radical (unpaired) electrons. The predicted molar refractivity (Wildman–Crippen MR) is 54.1 cm³/mol. The van der Waals surface area contributed by atoms with E-state index in [4.69, 9.17) is 15.2 Å². The van der Waals surface area contributed by atoms with Crippen LogP contribution in [-0.2, 0) is 0 Å². The minimum Gasteiger partial charge on any atom is -0.505 e. The van der Waals surface area contributed by atoms with Crippen molar-refractivity contribution in [2.24, 2.45) is 0 Å². The summed E-state index contributed by atoms with van der Waals surface area (Å²) in [7, 11) is 0. The van der Waals surface area contributed by atoms with E-state index in [0.29, 0.717) is 0 Å². The molecule has 0 saturated heterocycles. The largest absolute Gasteiger partial charge is 0.505 e. The van der Waals surface area contributed by atoms with Crippen molar-refractivity contribution in [3.63, 3.8) is 0 Å². The first kappa shape index (κ1) is 9.76. The molecule has 0 unspecified atom stereocenters. The second-order valence-corrected chi connectivity index (χ2v) is 3.43. The third-order valence-corrected chi connectivity index (χ3v) is 2.37. The van der Waals surface area contributed by atoms with Crippen molar-refractivity contribution in [1.82, 2.24) is 5.16 Å². The van der Waals surface area contributed by atoms with E-state index in [1.165, 1.54) is 6.07 Å². The molecule has 0 spiro atoms. The van der Waals surface area contributed by atoms with Gasteiger partial charge in [-0.3, -0.25) is 0 Å². The summed E-state index contributed by atoms with van der Waals surface area (Å²) in [5, 5.41) is 13.0. The monoisotopic (exact) mass is 238 g/mol. The van der Waals surface area contributed by atoms with Gasteiger partial charge in [-0.25, -0.2) is 4.39 Å². The van der Waals surface area contributed by atoms with Gasteiger partial charge in [-0.1, -0.05) is 5.16 Å². The molecule has 3 rings (SSSR count). The van der Waals surface area contributed by atoms with Gasteiger partial charge in [-0.2, -0.15) is 0 Å². The molecule has 1 aromatic carbocycles. The first-order valence-electron chi connectivity index (χ1n) is 4.70. The number of nitrogens with two attached hydrogens (primary N) is 1. The van der Waals surface area contributed by atoms with Gasteiger partial charge in [-0.15, -0.1) is 0 Å². The molecule has 0 atom stereocenters. The minimum absolute atomic E-state index is 0.0297. The molecule has 2 aromatic rings. The van der Waals surface area contributed by atoms with Crippen LogP contribution in [0.3, 0.4) is 0 Å². The fraction of sp³-hybridized carbons (Fsp3) is 0.100. The molecule has 2 heterocycles. The lowest BCUT2D eigenvalue weighted by molar-refractivity contribution is 0.174. The Morgan fingerprint density at radius 1 is 1.35 bits per heavy atom. The zero-order chi connectivity index (χ0) is 12.0. The first-order chi connectivity index (χ1) is 8.16. The van der Waals surface area contributed by atoms with E-state index < -0.39 is 11.6 Å². The summed E-state index contributed by atoms with van der Waals surface area (Å²) in [4.78, 5) is 0. The molecule has 1 aliphatic rings. The molecule has 0 amide bonds. The van der Waals surface area contributed by atoms with Gasteiger partial charge in [-0.05, 0) is 0 Å². The van der Waals surface area contributed by atoms with E-state index in [9.17, 15) is 9.50 Å². The van der Waals surface area contributed by atoms with Crippen molar-refractivity contribution in [3.8, 4) is 28.5 Å². The standard InChI is InChI=1S/C10H7FN2O4/c11-9-5(14)2-6-10(16-3-15-6)8(9)4-1-7(12)17-13-4/h1-2,14H,3,12H2. The Labute approximate surface area is 94.3 Å². The second-order valence-electron chi connectivity index (χ2n) is 3.43. The van der Waals surface area contributed by atoms with Crippen LogP contribution in [0.25, 0.3) is 11.3 Å². The third kappa shape index (κ3) is 1.36. The Balaban J connectivity index is 2.28. The van der Waals surface area contributed by atoms with E-state index in [1.807, 2.05) is 0 Å². The molecule has 0 saturated carbocycles. The maximum Gasteiger partial charge on any atom is 0.231 e. The van der Waals surface area contributed by atoms with Crippen LogP contribution in [0, 0.1) is 5.82 Å². The van der Waals surface area contributed by atoms with Crippen molar-refractivity contribution in [2.45, 2.75) is 0 Å². The maximum absolute atomic E-state index is 13.8. The van der Waals surface area contributed by atoms with E-state index in [-0.39, 0.29) is 35.4 Å². The van der Waals surface area contributed by atoms with E-state index >= 15 is 0 Å². The molecule has 3 N–H and O–H groups in total.